The molecule has 6 nitrogen and oxygen atoms in total. The normalized spacial score (nSPS) is 12.2. The first kappa shape index (κ1) is 34.3. The van der Waals surface area contributed by atoms with Gasteiger partial charge in [-0.05, 0) is 50.9 Å². The Morgan fingerprint density at radius 1 is 0.714 bits per heavy atom. The molecule has 0 saturated carbocycles. The van der Waals surface area contributed by atoms with Crippen LogP contribution in [0.5, 0.6) is 0 Å². The SMILES string of the molecule is CC.CC/C=C\C/C=C\C/C=C\C/C=C\C/C=C\C/C=C\CCC(=O)NN(CC(C)C)NC(=O)O. The fourth-order valence-corrected chi connectivity index (χ4v) is 2.66. The third-order valence-electron chi connectivity index (χ3n) is 4.17. The molecule has 0 unspecified atom stereocenters. The zero-order chi connectivity index (χ0) is 26.6. The van der Waals surface area contributed by atoms with Gasteiger partial charge in [-0.3, -0.25) is 10.2 Å². The summed E-state index contributed by atoms with van der Waals surface area (Å²) in [5.74, 6) is -0.00977. The number of allylic oxidation sites excluding steroid dienone is 12. The van der Waals surface area contributed by atoms with E-state index in [4.69, 9.17) is 5.11 Å². The monoisotopic (exact) mass is 487 g/mol. The molecular weight excluding hydrogens is 438 g/mol. The number of nitrogens with one attached hydrogen (secondary N) is 2. The van der Waals surface area contributed by atoms with Gasteiger partial charge < -0.3 is 5.11 Å². The Bertz CT molecular complexity index is 689. The van der Waals surface area contributed by atoms with E-state index in [0.29, 0.717) is 19.4 Å². The van der Waals surface area contributed by atoms with Crippen LogP contribution in [0.3, 0.4) is 0 Å². The maximum absolute atomic E-state index is 11.9. The predicted molar refractivity (Wildman–Crippen MR) is 150 cm³/mol. The van der Waals surface area contributed by atoms with E-state index in [9.17, 15) is 9.59 Å². The fourth-order valence-electron chi connectivity index (χ4n) is 2.66. The number of amides is 2. The molecule has 0 saturated heterocycles. The third-order valence-corrected chi connectivity index (χ3v) is 4.17. The molecule has 35 heavy (non-hydrogen) atoms. The molecule has 3 N–H and O–H groups in total. The molecule has 0 aliphatic carbocycles. The maximum Gasteiger partial charge on any atom is 0.420 e. The molecule has 0 aromatic heterocycles. The summed E-state index contributed by atoms with van der Waals surface area (Å²) in [6.07, 6.45) is 31.2. The Morgan fingerprint density at radius 3 is 1.49 bits per heavy atom. The van der Waals surface area contributed by atoms with Crippen LogP contribution >= 0.6 is 0 Å². The molecule has 0 radical (unpaired) electrons. The molecule has 0 aliphatic rings. The minimum absolute atomic E-state index is 0.209. The van der Waals surface area contributed by atoms with E-state index in [1.165, 1.54) is 5.12 Å². The second-order valence-electron chi connectivity index (χ2n) is 7.91. The van der Waals surface area contributed by atoms with Gasteiger partial charge >= 0.3 is 6.09 Å². The van der Waals surface area contributed by atoms with Crippen molar-refractivity contribution < 1.29 is 14.7 Å². The number of rotatable bonds is 18. The second kappa shape index (κ2) is 27.4. The zero-order valence-electron chi connectivity index (χ0n) is 22.6. The minimum Gasteiger partial charge on any atom is -0.464 e. The lowest BCUT2D eigenvalue weighted by Crippen LogP contribution is -2.53. The third kappa shape index (κ3) is 29.1. The summed E-state index contributed by atoms with van der Waals surface area (Å²) in [5, 5.41) is 10.0. The van der Waals surface area contributed by atoms with E-state index in [1.54, 1.807) is 0 Å². The maximum atomic E-state index is 11.9. The highest BCUT2D eigenvalue weighted by Gasteiger charge is 2.12. The van der Waals surface area contributed by atoms with Gasteiger partial charge in [0.25, 0.3) is 0 Å². The predicted octanol–water partition coefficient (Wildman–Crippen LogP) is 7.66. The number of hydrazine groups is 2. The Morgan fingerprint density at radius 2 is 1.11 bits per heavy atom. The summed E-state index contributed by atoms with van der Waals surface area (Å²) in [7, 11) is 0. The molecule has 2 amide bonds. The van der Waals surface area contributed by atoms with Crippen molar-refractivity contribution in [1.82, 2.24) is 16.0 Å². The lowest BCUT2D eigenvalue weighted by Gasteiger charge is -2.23. The molecule has 0 aliphatic heterocycles. The first-order valence-electron chi connectivity index (χ1n) is 12.9. The van der Waals surface area contributed by atoms with E-state index in [1.807, 2.05) is 39.8 Å². The van der Waals surface area contributed by atoms with Crippen LogP contribution in [-0.2, 0) is 4.79 Å². The van der Waals surface area contributed by atoms with Gasteiger partial charge in [0, 0.05) is 13.0 Å². The van der Waals surface area contributed by atoms with Crippen LogP contribution in [0.4, 0.5) is 4.79 Å². The molecule has 0 spiro atoms. The number of hydrogen-bond donors (Lipinski definition) is 3. The van der Waals surface area contributed by atoms with E-state index in [-0.39, 0.29) is 11.8 Å². The number of nitrogens with zero attached hydrogens (tertiary/aromatic N) is 1. The summed E-state index contributed by atoms with van der Waals surface area (Å²) in [5.41, 5.74) is 4.76. The van der Waals surface area contributed by atoms with Gasteiger partial charge in [0.2, 0.25) is 5.91 Å². The highest BCUT2D eigenvalue weighted by atomic mass is 16.4. The number of carbonyl (C=O) groups is 2. The van der Waals surface area contributed by atoms with E-state index < -0.39 is 6.09 Å². The van der Waals surface area contributed by atoms with Crippen LogP contribution in [0.1, 0.15) is 86.0 Å². The quantitative estimate of drug-likeness (QED) is 0.137. The average Bonchev–Trinajstić information content (AvgIpc) is 2.81. The molecule has 0 atom stereocenters. The van der Waals surface area contributed by atoms with Crippen molar-refractivity contribution in [2.24, 2.45) is 5.92 Å². The first-order valence-corrected chi connectivity index (χ1v) is 12.9. The summed E-state index contributed by atoms with van der Waals surface area (Å²) in [4.78, 5) is 22.7. The van der Waals surface area contributed by atoms with E-state index >= 15 is 0 Å². The van der Waals surface area contributed by atoms with Crippen LogP contribution in [-0.4, -0.2) is 28.8 Å². The van der Waals surface area contributed by atoms with Crippen molar-refractivity contribution >= 4 is 12.0 Å². The summed E-state index contributed by atoms with van der Waals surface area (Å²) in [6, 6.07) is 0. The molecule has 0 aromatic carbocycles. The summed E-state index contributed by atoms with van der Waals surface area (Å²) < 4.78 is 0. The number of hydrogen-bond acceptors (Lipinski definition) is 3. The van der Waals surface area contributed by atoms with Crippen molar-refractivity contribution in [3.05, 3.63) is 72.9 Å². The summed E-state index contributed by atoms with van der Waals surface area (Å²) in [6.45, 7) is 10.4. The van der Waals surface area contributed by atoms with Gasteiger partial charge in [0.15, 0.2) is 0 Å². The lowest BCUT2D eigenvalue weighted by molar-refractivity contribution is -0.127. The zero-order valence-corrected chi connectivity index (χ0v) is 22.6. The van der Waals surface area contributed by atoms with Gasteiger partial charge in [0.1, 0.15) is 0 Å². The van der Waals surface area contributed by atoms with Crippen molar-refractivity contribution in [3.63, 3.8) is 0 Å². The fraction of sp³-hybridized carbons (Fsp3) is 0.517. The van der Waals surface area contributed by atoms with Crippen LogP contribution in [0.2, 0.25) is 0 Å². The Hall–Kier alpha value is -2.86. The van der Waals surface area contributed by atoms with Crippen molar-refractivity contribution in [3.8, 4) is 0 Å². The van der Waals surface area contributed by atoms with Crippen LogP contribution in [0.25, 0.3) is 0 Å². The lowest BCUT2D eigenvalue weighted by atomic mass is 10.2. The van der Waals surface area contributed by atoms with Crippen molar-refractivity contribution in [1.29, 1.82) is 0 Å². The van der Waals surface area contributed by atoms with Gasteiger partial charge in [-0.2, -0.15) is 0 Å². The van der Waals surface area contributed by atoms with Gasteiger partial charge in [-0.15, -0.1) is 5.12 Å². The Kier molecular flexibility index (Phi) is 26.8. The van der Waals surface area contributed by atoms with Crippen LogP contribution in [0, 0.1) is 5.92 Å². The first-order chi connectivity index (χ1) is 17.0. The van der Waals surface area contributed by atoms with Gasteiger partial charge in [-0.25, -0.2) is 10.2 Å². The van der Waals surface area contributed by atoms with Crippen molar-refractivity contribution in [2.75, 3.05) is 6.54 Å². The second-order valence-corrected chi connectivity index (χ2v) is 7.91. The molecule has 198 valence electrons. The Balaban J connectivity index is 0. The highest BCUT2D eigenvalue weighted by Crippen LogP contribution is 1.99. The average molecular weight is 488 g/mol. The smallest absolute Gasteiger partial charge is 0.420 e. The molecule has 0 fully saturated rings. The van der Waals surface area contributed by atoms with Crippen LogP contribution < -0.4 is 10.9 Å². The number of carboxylic acid groups (broad SMARTS) is 1. The van der Waals surface area contributed by atoms with Crippen LogP contribution in [0.15, 0.2) is 72.9 Å². The molecule has 0 bridgehead atoms. The van der Waals surface area contributed by atoms with E-state index in [2.05, 4.69) is 78.5 Å². The van der Waals surface area contributed by atoms with E-state index in [0.717, 1.165) is 38.5 Å². The molecule has 0 heterocycles. The largest absolute Gasteiger partial charge is 0.464 e. The van der Waals surface area contributed by atoms with Gasteiger partial charge in [0.05, 0.1) is 0 Å². The highest BCUT2D eigenvalue weighted by molar-refractivity contribution is 5.75. The molecule has 0 aromatic rings. The van der Waals surface area contributed by atoms with Gasteiger partial charge in [-0.1, -0.05) is 108 Å². The van der Waals surface area contributed by atoms with Crippen molar-refractivity contribution in [2.45, 2.75) is 86.0 Å². The standard InChI is InChI=1S/C27H43N3O3.C2H6/c1-4-5-6-7-8-9-10-11-12-13-14-15-16-17-18-19-20-21-22-23-26(31)28-30(24-25(2)3)29-27(32)33;1-2/h5-6,8-9,11-12,14-15,17-18,20-21,25,29H,4,7,10,13,16,19,22-24H2,1-3H3,(H,28,31)(H,32,33);1-2H3/b6-5-,9-8-,12-11-,15-14-,18-17-,21-20-;. The Labute approximate surface area is 214 Å². The minimum atomic E-state index is -1.20. The molecular formula is C29H49N3O3. The topological polar surface area (TPSA) is 81.7 Å². The number of carbonyl (C=O) groups excluding carboxylic acids is 1. The summed E-state index contributed by atoms with van der Waals surface area (Å²) >= 11 is 0. The molecule has 0 rings (SSSR count). The molecule has 6 heteroatoms.